The summed E-state index contributed by atoms with van der Waals surface area (Å²) in [7, 11) is 1.89. The molecule has 2 heterocycles. The quantitative estimate of drug-likeness (QED) is 0.697. The lowest BCUT2D eigenvalue weighted by atomic mass is 10.3. The fourth-order valence-corrected chi connectivity index (χ4v) is 2.08. The second-order valence-electron chi connectivity index (χ2n) is 4.63. The van der Waals surface area contributed by atoms with Gasteiger partial charge in [0, 0.05) is 19.6 Å². The molecule has 0 aromatic carbocycles. The highest BCUT2D eigenvalue weighted by atomic mass is 16.5. The maximum atomic E-state index is 9.86. The summed E-state index contributed by atoms with van der Waals surface area (Å²) in [6.07, 6.45) is 1.76. The molecule has 1 fully saturated rings. The third kappa shape index (κ3) is 3.79. The third-order valence-electron chi connectivity index (χ3n) is 3.30. The van der Waals surface area contributed by atoms with Crippen molar-refractivity contribution < 1.29 is 19.1 Å². The van der Waals surface area contributed by atoms with Crippen molar-refractivity contribution >= 4 is 0 Å². The van der Waals surface area contributed by atoms with E-state index >= 15 is 0 Å². The Bertz CT molecular complexity index is 420. The number of aromatic hydroxyl groups is 1. The van der Waals surface area contributed by atoms with E-state index in [2.05, 4.69) is 4.90 Å². The number of hydrogen-bond acceptors (Lipinski definition) is 5. The molecule has 0 radical (unpaired) electrons. The molecule has 1 saturated heterocycles. The zero-order chi connectivity index (χ0) is 13.7. The van der Waals surface area contributed by atoms with E-state index in [0.29, 0.717) is 18.9 Å². The van der Waals surface area contributed by atoms with E-state index in [-0.39, 0.29) is 5.75 Å². The lowest BCUT2D eigenvalue weighted by Gasteiger charge is -2.26. The van der Waals surface area contributed by atoms with Crippen molar-refractivity contribution in [2.75, 3.05) is 39.5 Å². The van der Waals surface area contributed by atoms with Gasteiger partial charge >= 0.3 is 0 Å². The van der Waals surface area contributed by atoms with Gasteiger partial charge in [0.1, 0.15) is 13.7 Å². The highest BCUT2D eigenvalue weighted by Crippen LogP contribution is 2.23. The second-order valence-corrected chi connectivity index (χ2v) is 4.63. The van der Waals surface area contributed by atoms with E-state index in [1.54, 1.807) is 12.3 Å². The van der Waals surface area contributed by atoms with E-state index in [9.17, 15) is 5.11 Å². The van der Waals surface area contributed by atoms with Crippen LogP contribution in [0.3, 0.4) is 0 Å². The van der Waals surface area contributed by atoms with Crippen LogP contribution in [-0.4, -0.2) is 49.5 Å². The number of nitrogens with two attached hydrogens (primary N) is 1. The first kappa shape index (κ1) is 14.0. The molecule has 6 heteroatoms. The van der Waals surface area contributed by atoms with Crippen molar-refractivity contribution in [1.29, 1.82) is 0 Å². The molecule has 6 nitrogen and oxygen atoms in total. The van der Waals surface area contributed by atoms with Crippen molar-refractivity contribution in [2.24, 2.45) is 12.8 Å². The standard InChI is InChI=1S/C13H21N3O3/c1-15-10-13(12(17)8-11(15)9-14)19-7-4-16-2-5-18-6-3-16/h8,10H,2-7,9,14H2,1H3/p+1. The molecule has 0 aliphatic carbocycles. The Morgan fingerprint density at radius 2 is 2.21 bits per heavy atom. The second kappa shape index (κ2) is 6.70. The van der Waals surface area contributed by atoms with Crippen LogP contribution in [0, 0.1) is 0 Å². The summed E-state index contributed by atoms with van der Waals surface area (Å²) in [6, 6.07) is 1.64. The van der Waals surface area contributed by atoms with Gasteiger partial charge in [-0.15, -0.1) is 0 Å². The minimum atomic E-state index is 0.139. The Hall–Kier alpha value is -1.37. The van der Waals surface area contributed by atoms with E-state index < -0.39 is 0 Å². The molecular weight excluding hydrogens is 246 g/mol. The molecule has 1 aliphatic rings. The maximum Gasteiger partial charge on any atom is 0.225 e. The van der Waals surface area contributed by atoms with Crippen LogP contribution in [0.5, 0.6) is 11.5 Å². The van der Waals surface area contributed by atoms with Gasteiger partial charge in [-0.05, 0) is 0 Å². The van der Waals surface area contributed by atoms with Gasteiger partial charge in [0.2, 0.25) is 11.9 Å². The minimum absolute atomic E-state index is 0.139. The molecule has 0 unspecified atom stereocenters. The van der Waals surface area contributed by atoms with Crippen molar-refractivity contribution in [1.82, 2.24) is 4.90 Å². The normalized spacial score (nSPS) is 16.5. The van der Waals surface area contributed by atoms with Gasteiger partial charge in [0.25, 0.3) is 0 Å². The highest BCUT2D eigenvalue weighted by Gasteiger charge is 2.14. The summed E-state index contributed by atoms with van der Waals surface area (Å²) in [5, 5.41) is 9.86. The first-order valence-electron chi connectivity index (χ1n) is 6.55. The predicted molar refractivity (Wildman–Crippen MR) is 69.9 cm³/mol. The predicted octanol–water partition coefficient (Wildman–Crippen LogP) is -0.614. The van der Waals surface area contributed by atoms with Gasteiger partial charge in [-0.25, -0.2) is 4.57 Å². The number of aryl methyl sites for hydroxylation is 1. The van der Waals surface area contributed by atoms with E-state index in [1.165, 1.54) is 0 Å². The van der Waals surface area contributed by atoms with Gasteiger partial charge in [-0.1, -0.05) is 0 Å². The van der Waals surface area contributed by atoms with Crippen LogP contribution in [0.1, 0.15) is 5.69 Å². The van der Waals surface area contributed by atoms with Crippen molar-refractivity contribution in [3.8, 4) is 11.5 Å². The average molecular weight is 268 g/mol. The molecule has 1 aromatic rings. The average Bonchev–Trinajstić information content (AvgIpc) is 2.43. The van der Waals surface area contributed by atoms with Crippen LogP contribution in [0.25, 0.3) is 0 Å². The Kier molecular flexibility index (Phi) is 4.95. The maximum absolute atomic E-state index is 9.86. The molecule has 0 spiro atoms. The van der Waals surface area contributed by atoms with Crippen molar-refractivity contribution in [2.45, 2.75) is 6.54 Å². The third-order valence-corrected chi connectivity index (χ3v) is 3.30. The summed E-state index contributed by atoms with van der Waals surface area (Å²) in [5.74, 6) is 0.633. The number of pyridine rings is 1. The molecule has 106 valence electrons. The molecule has 3 N–H and O–H groups in total. The first-order valence-corrected chi connectivity index (χ1v) is 6.55. The van der Waals surface area contributed by atoms with Gasteiger partial charge in [-0.2, -0.15) is 0 Å². The summed E-state index contributed by atoms with van der Waals surface area (Å²) < 4.78 is 12.8. The Balaban J connectivity index is 1.86. The minimum Gasteiger partial charge on any atom is -0.504 e. The molecule has 0 bridgehead atoms. The Morgan fingerprint density at radius 3 is 2.89 bits per heavy atom. The number of rotatable bonds is 5. The van der Waals surface area contributed by atoms with Crippen LogP contribution in [-0.2, 0) is 18.3 Å². The van der Waals surface area contributed by atoms with Crippen LogP contribution < -0.4 is 15.0 Å². The van der Waals surface area contributed by atoms with E-state index in [0.717, 1.165) is 38.5 Å². The summed E-state index contributed by atoms with van der Waals surface area (Å²) in [4.78, 5) is 2.29. The fraction of sp³-hybridized carbons (Fsp3) is 0.615. The number of ether oxygens (including phenoxy) is 2. The molecule has 19 heavy (non-hydrogen) atoms. The summed E-state index contributed by atoms with van der Waals surface area (Å²) >= 11 is 0. The number of aromatic nitrogens is 1. The van der Waals surface area contributed by atoms with Crippen molar-refractivity contribution in [3.63, 3.8) is 0 Å². The van der Waals surface area contributed by atoms with Crippen LogP contribution in [0.2, 0.25) is 0 Å². The molecule has 0 saturated carbocycles. The smallest absolute Gasteiger partial charge is 0.225 e. The van der Waals surface area contributed by atoms with Crippen LogP contribution in [0.15, 0.2) is 12.3 Å². The summed E-state index contributed by atoms with van der Waals surface area (Å²) in [6.45, 7) is 5.22. The van der Waals surface area contributed by atoms with Gasteiger partial charge in [0.15, 0.2) is 11.4 Å². The largest absolute Gasteiger partial charge is 0.504 e. The number of hydrogen-bond donors (Lipinski definition) is 2. The van der Waals surface area contributed by atoms with Crippen molar-refractivity contribution in [3.05, 3.63) is 18.0 Å². The van der Waals surface area contributed by atoms with Crippen LogP contribution >= 0.6 is 0 Å². The molecular formula is C13H22N3O3+. The molecule has 0 amide bonds. The lowest BCUT2D eigenvalue weighted by molar-refractivity contribution is -0.679. The lowest BCUT2D eigenvalue weighted by Crippen LogP contribution is -2.39. The Labute approximate surface area is 113 Å². The monoisotopic (exact) mass is 268 g/mol. The molecule has 1 aliphatic heterocycles. The molecule has 1 aromatic heterocycles. The SMILES string of the molecule is C[n+]1cc(OCCN2CCOCC2)c(O)cc1CN. The highest BCUT2D eigenvalue weighted by molar-refractivity contribution is 5.35. The summed E-state index contributed by atoms with van der Waals surface area (Å²) in [5.41, 5.74) is 6.44. The molecule has 2 rings (SSSR count). The topological polar surface area (TPSA) is 71.8 Å². The fourth-order valence-electron chi connectivity index (χ4n) is 2.08. The number of nitrogens with zero attached hydrogens (tertiary/aromatic N) is 2. The van der Waals surface area contributed by atoms with Gasteiger partial charge < -0.3 is 20.3 Å². The van der Waals surface area contributed by atoms with Gasteiger partial charge in [-0.3, -0.25) is 4.90 Å². The van der Waals surface area contributed by atoms with E-state index in [1.807, 2.05) is 11.6 Å². The molecule has 0 atom stereocenters. The zero-order valence-corrected chi connectivity index (χ0v) is 11.3. The Morgan fingerprint density at radius 1 is 1.47 bits per heavy atom. The van der Waals surface area contributed by atoms with Gasteiger partial charge in [0.05, 0.1) is 25.8 Å². The number of morpholine rings is 1. The zero-order valence-electron chi connectivity index (χ0n) is 11.3. The van der Waals surface area contributed by atoms with E-state index in [4.69, 9.17) is 15.2 Å². The first-order chi connectivity index (χ1) is 9.20. The van der Waals surface area contributed by atoms with Crippen LogP contribution in [0.4, 0.5) is 0 Å².